The third kappa shape index (κ3) is 4.51. The Balaban J connectivity index is 1.71. The number of carbonyl (C=O) groups is 1. The average molecular weight is 491 g/mol. The number of carbonyl (C=O) groups excluding carboxylic acids is 1. The standard InChI is InChI=1S/C23H34N6O4S/c1-5-8-20-24-16(4)21-23(30)25-22(26-29(20)21)18-15-17(9-10-19(18)33-7-3)34(31,32)28-13-11-27(6-2)12-14-28/h9-10,15,20,24H,5-8,11-14H2,1-4H3,(H,25,26,30). The Morgan fingerprint density at radius 2 is 1.88 bits per heavy atom. The first-order valence-electron chi connectivity index (χ1n) is 12.0. The minimum atomic E-state index is -3.70. The van der Waals surface area contributed by atoms with Gasteiger partial charge in [-0.3, -0.25) is 4.79 Å². The summed E-state index contributed by atoms with van der Waals surface area (Å²) in [5, 5.41) is 12.6. The van der Waals surface area contributed by atoms with Crippen LogP contribution < -0.4 is 15.4 Å². The molecule has 34 heavy (non-hydrogen) atoms. The van der Waals surface area contributed by atoms with Gasteiger partial charge in [0, 0.05) is 31.9 Å². The van der Waals surface area contributed by atoms with Crippen molar-refractivity contribution in [2.75, 3.05) is 39.3 Å². The Labute approximate surface area is 201 Å². The van der Waals surface area contributed by atoms with Crippen molar-refractivity contribution in [3.63, 3.8) is 0 Å². The van der Waals surface area contributed by atoms with Crippen molar-refractivity contribution in [2.24, 2.45) is 5.10 Å². The highest BCUT2D eigenvalue weighted by atomic mass is 32.2. The summed E-state index contributed by atoms with van der Waals surface area (Å²) in [5.74, 6) is 0.474. The van der Waals surface area contributed by atoms with E-state index in [2.05, 4.69) is 29.4 Å². The van der Waals surface area contributed by atoms with Crippen molar-refractivity contribution < 1.29 is 17.9 Å². The molecule has 0 bridgehead atoms. The number of sulfonamides is 1. The molecule has 0 radical (unpaired) electrons. The van der Waals surface area contributed by atoms with Crippen molar-refractivity contribution in [3.05, 3.63) is 35.2 Å². The largest absolute Gasteiger partial charge is 0.493 e. The number of amides is 1. The van der Waals surface area contributed by atoms with Crippen LogP contribution >= 0.6 is 0 Å². The van der Waals surface area contributed by atoms with E-state index >= 15 is 0 Å². The van der Waals surface area contributed by atoms with Gasteiger partial charge in [0.05, 0.1) is 17.1 Å². The molecule has 0 spiro atoms. The first-order chi connectivity index (χ1) is 16.3. The van der Waals surface area contributed by atoms with Crippen LogP contribution in [0.5, 0.6) is 5.75 Å². The molecule has 1 unspecified atom stereocenters. The summed E-state index contributed by atoms with van der Waals surface area (Å²) in [4.78, 5) is 15.4. The van der Waals surface area contributed by atoms with E-state index in [9.17, 15) is 13.2 Å². The van der Waals surface area contributed by atoms with Crippen LogP contribution in [0.3, 0.4) is 0 Å². The van der Waals surface area contributed by atoms with Gasteiger partial charge >= 0.3 is 0 Å². The summed E-state index contributed by atoms with van der Waals surface area (Å²) in [6.45, 7) is 11.5. The molecule has 1 atom stereocenters. The van der Waals surface area contributed by atoms with Crippen LogP contribution in [0.4, 0.5) is 0 Å². The minimum absolute atomic E-state index is 0.127. The number of hydrogen-bond donors (Lipinski definition) is 2. The second-order valence-corrected chi connectivity index (χ2v) is 10.5. The molecule has 3 aliphatic rings. The molecule has 1 fully saturated rings. The zero-order valence-electron chi connectivity index (χ0n) is 20.3. The van der Waals surface area contributed by atoms with Crippen molar-refractivity contribution in [1.82, 2.24) is 24.8 Å². The van der Waals surface area contributed by atoms with Gasteiger partial charge in [0.25, 0.3) is 5.91 Å². The number of nitrogens with one attached hydrogen (secondary N) is 2. The van der Waals surface area contributed by atoms with Crippen LogP contribution in [0.25, 0.3) is 0 Å². The molecule has 10 nitrogen and oxygen atoms in total. The number of nitrogens with zero attached hydrogens (tertiary/aromatic N) is 4. The van der Waals surface area contributed by atoms with Crippen LogP contribution in [0.1, 0.15) is 46.1 Å². The quantitative estimate of drug-likeness (QED) is 0.568. The summed E-state index contributed by atoms with van der Waals surface area (Å²) in [7, 11) is -3.70. The topological polar surface area (TPSA) is 107 Å². The fourth-order valence-corrected chi connectivity index (χ4v) is 6.01. The zero-order chi connectivity index (χ0) is 24.5. The van der Waals surface area contributed by atoms with E-state index in [1.54, 1.807) is 23.2 Å². The number of rotatable bonds is 8. The number of benzene rings is 1. The fourth-order valence-electron chi connectivity index (χ4n) is 4.56. The minimum Gasteiger partial charge on any atom is -0.493 e. The van der Waals surface area contributed by atoms with Crippen molar-refractivity contribution >= 4 is 21.8 Å². The molecule has 0 aromatic heterocycles. The summed E-state index contributed by atoms with van der Waals surface area (Å²) in [5.41, 5.74) is 1.70. The molecule has 1 aromatic rings. The number of allylic oxidation sites excluding steroid dienone is 1. The van der Waals surface area contributed by atoms with E-state index in [1.807, 2.05) is 13.8 Å². The fraction of sp³-hybridized carbons (Fsp3) is 0.565. The molecule has 1 saturated heterocycles. The molecule has 11 heteroatoms. The van der Waals surface area contributed by atoms with Crippen LogP contribution in [-0.2, 0) is 14.8 Å². The van der Waals surface area contributed by atoms with Gasteiger partial charge in [-0.15, -0.1) is 0 Å². The molecule has 1 amide bonds. The van der Waals surface area contributed by atoms with E-state index in [-0.39, 0.29) is 22.8 Å². The van der Waals surface area contributed by atoms with Gasteiger partial charge in [0.15, 0.2) is 5.84 Å². The third-order valence-electron chi connectivity index (χ3n) is 6.40. The lowest BCUT2D eigenvalue weighted by molar-refractivity contribution is -0.118. The van der Waals surface area contributed by atoms with E-state index in [0.717, 1.165) is 25.1 Å². The predicted molar refractivity (Wildman–Crippen MR) is 130 cm³/mol. The molecule has 186 valence electrons. The molecular formula is C23H34N6O4S. The van der Waals surface area contributed by atoms with Crippen molar-refractivity contribution in [2.45, 2.75) is 51.6 Å². The molecule has 0 saturated carbocycles. The summed E-state index contributed by atoms with van der Waals surface area (Å²) >= 11 is 0. The molecular weight excluding hydrogens is 456 g/mol. The number of piperazine rings is 1. The van der Waals surface area contributed by atoms with Crippen molar-refractivity contribution in [3.8, 4) is 5.75 Å². The molecule has 3 aliphatic heterocycles. The summed E-state index contributed by atoms with van der Waals surface area (Å²) in [6.07, 6.45) is 1.60. The first kappa shape index (κ1) is 24.5. The van der Waals surface area contributed by atoms with Gasteiger partial charge in [0.1, 0.15) is 17.6 Å². The SMILES string of the molecule is CCCC1NC(C)=C2C(=O)NC(c3cc(S(=O)(=O)N4CCN(CC)CC4)ccc3OCC)=NN21. The van der Waals surface area contributed by atoms with E-state index < -0.39 is 10.0 Å². The molecule has 2 N–H and O–H groups in total. The third-order valence-corrected chi connectivity index (χ3v) is 8.30. The number of amidine groups is 1. The van der Waals surface area contributed by atoms with Gasteiger partial charge in [-0.05, 0) is 45.0 Å². The summed E-state index contributed by atoms with van der Waals surface area (Å²) in [6, 6.07) is 4.77. The Kier molecular flexibility index (Phi) is 7.15. The van der Waals surface area contributed by atoms with Gasteiger partial charge in [-0.2, -0.15) is 9.41 Å². The second-order valence-electron chi connectivity index (χ2n) is 8.60. The van der Waals surface area contributed by atoms with E-state index in [0.29, 0.717) is 49.8 Å². The highest BCUT2D eigenvalue weighted by molar-refractivity contribution is 7.89. The maximum Gasteiger partial charge on any atom is 0.276 e. The lowest BCUT2D eigenvalue weighted by Crippen LogP contribution is -2.48. The molecule has 4 rings (SSSR count). The average Bonchev–Trinajstić information content (AvgIpc) is 3.15. The zero-order valence-corrected chi connectivity index (χ0v) is 21.1. The normalized spacial score (nSPS) is 21.8. The first-order valence-corrected chi connectivity index (χ1v) is 13.4. The molecule has 3 heterocycles. The Morgan fingerprint density at radius 3 is 2.53 bits per heavy atom. The van der Waals surface area contributed by atoms with Crippen LogP contribution in [0.2, 0.25) is 0 Å². The van der Waals surface area contributed by atoms with Crippen LogP contribution in [-0.4, -0.2) is 79.9 Å². The van der Waals surface area contributed by atoms with Crippen LogP contribution in [0, 0.1) is 0 Å². The van der Waals surface area contributed by atoms with Crippen molar-refractivity contribution in [1.29, 1.82) is 0 Å². The maximum atomic E-state index is 13.4. The lowest BCUT2D eigenvalue weighted by atomic mass is 10.1. The lowest BCUT2D eigenvalue weighted by Gasteiger charge is -2.33. The number of hydrogen-bond acceptors (Lipinski definition) is 8. The van der Waals surface area contributed by atoms with Crippen LogP contribution in [0.15, 0.2) is 39.6 Å². The molecule has 0 aliphatic carbocycles. The monoisotopic (exact) mass is 490 g/mol. The van der Waals surface area contributed by atoms with Gasteiger partial charge in [0.2, 0.25) is 10.0 Å². The Hall–Kier alpha value is -2.63. The number of likely N-dealkylation sites (N-methyl/N-ethyl adjacent to an activating group) is 1. The van der Waals surface area contributed by atoms with Gasteiger partial charge < -0.3 is 20.3 Å². The molecule has 1 aromatic carbocycles. The van der Waals surface area contributed by atoms with Gasteiger partial charge in [-0.1, -0.05) is 20.3 Å². The maximum absolute atomic E-state index is 13.4. The van der Waals surface area contributed by atoms with E-state index in [1.165, 1.54) is 4.31 Å². The number of fused-ring (bicyclic) bond motifs is 1. The Bertz CT molecular complexity index is 1110. The number of hydrazone groups is 1. The van der Waals surface area contributed by atoms with E-state index in [4.69, 9.17) is 9.84 Å². The number of ether oxygens (including phenoxy) is 1. The predicted octanol–water partition coefficient (Wildman–Crippen LogP) is 1.47. The summed E-state index contributed by atoms with van der Waals surface area (Å²) < 4.78 is 34.2. The Morgan fingerprint density at radius 1 is 1.15 bits per heavy atom. The highest BCUT2D eigenvalue weighted by Gasteiger charge is 2.38. The second kappa shape index (κ2) is 9.93. The highest BCUT2D eigenvalue weighted by Crippen LogP contribution is 2.30. The van der Waals surface area contributed by atoms with Gasteiger partial charge in [-0.25, -0.2) is 13.4 Å². The smallest absolute Gasteiger partial charge is 0.276 e.